The molecule has 0 unspecified atom stereocenters. The molecular weight excluding hydrogens is 875 g/mol. The molecule has 0 atom stereocenters. The Hall–Kier alpha value is -8.52. The van der Waals surface area contributed by atoms with E-state index in [2.05, 4.69) is 124 Å². The Morgan fingerprint density at radius 3 is 0.652 bits per heavy atom. The number of carbonyl (C=O) groups is 4. The van der Waals surface area contributed by atoms with Gasteiger partial charge < -0.3 is 90.0 Å². The summed E-state index contributed by atoms with van der Waals surface area (Å²) in [6.07, 6.45) is -0.645. The molecule has 0 aromatic carbocycles. The third-order valence-corrected chi connectivity index (χ3v) is 7.75. The first kappa shape index (κ1) is 50.1. The standard InChI is InChI=1S/C33H53N25O8/c1-35-22-47-23(36-7-2-18(59)60)49-28(48-22)41-12-13-43-30-52-25(38-9-4-20(63)64)53-32(57-30)45-16-17-46-33-55-26(39-10-5-21(65)66)54-31(58-33)44-15-14-42-29-51-24(37-8-3-19(61)62)50-27(56-29)40-11-6-34/h2-17,34H2,1H3,(H,59,60)(H,61,62)(H,63,64)(H,65,66)(H3,35,36,41,47,48,49)(H3,37,40,42,50,51,56)(H3,38,43,45,52,53,57)(H3,39,44,46,54,55,58). The minimum absolute atomic E-state index is 0.0437. The number of carboxylic acid groups (broad SMARTS) is 4. The van der Waals surface area contributed by atoms with E-state index in [1.807, 2.05) is 0 Å². The number of nitrogens with two attached hydrogens (primary N) is 1. The van der Waals surface area contributed by atoms with E-state index < -0.39 is 23.9 Å². The van der Waals surface area contributed by atoms with Crippen LogP contribution < -0.4 is 69.5 Å². The minimum atomic E-state index is -1.01. The van der Waals surface area contributed by atoms with E-state index >= 15 is 0 Å². The second kappa shape index (κ2) is 27.5. The molecule has 33 nitrogen and oxygen atoms in total. The van der Waals surface area contributed by atoms with Crippen LogP contribution in [-0.4, -0.2) is 190 Å². The van der Waals surface area contributed by atoms with Gasteiger partial charge in [-0.2, -0.15) is 59.8 Å². The molecule has 33 heteroatoms. The molecule has 0 radical (unpaired) electrons. The summed E-state index contributed by atoms with van der Waals surface area (Å²) in [5, 5.41) is 71.7. The van der Waals surface area contributed by atoms with Crippen molar-refractivity contribution in [3.05, 3.63) is 0 Å². The smallest absolute Gasteiger partial charge is 0.305 e. The van der Waals surface area contributed by atoms with E-state index in [9.17, 15) is 19.2 Å². The number of nitrogens with one attached hydrogen (secondary N) is 12. The van der Waals surface area contributed by atoms with Crippen molar-refractivity contribution in [2.45, 2.75) is 25.7 Å². The highest BCUT2D eigenvalue weighted by molar-refractivity contribution is 5.68. The van der Waals surface area contributed by atoms with Gasteiger partial charge in [0.25, 0.3) is 0 Å². The number of rotatable bonds is 35. The van der Waals surface area contributed by atoms with Crippen molar-refractivity contribution in [1.82, 2.24) is 59.8 Å². The predicted octanol–water partition coefficient (Wildman–Crippen LogP) is -2.04. The van der Waals surface area contributed by atoms with Crippen LogP contribution in [0.1, 0.15) is 25.7 Å². The summed E-state index contributed by atoms with van der Waals surface area (Å²) in [6, 6.07) is 0. The number of carboxylic acids is 4. The zero-order valence-corrected chi connectivity index (χ0v) is 35.7. The molecule has 0 aliphatic heterocycles. The Labute approximate surface area is 375 Å². The SMILES string of the molecule is CNc1nc(NCCNc2nc(NCCNc3nc(NCCNc4nc(NCCN)nc(NCCC(=O)O)n4)nc(NCCC(=O)O)n3)nc(NCCC(=O)O)n2)nc(NCCC(=O)O)n1. The number of hydrogen-bond donors (Lipinski definition) is 17. The van der Waals surface area contributed by atoms with Crippen LogP contribution in [0.25, 0.3) is 0 Å². The average molecular weight is 928 g/mol. The zero-order valence-electron chi connectivity index (χ0n) is 35.7. The fourth-order valence-electron chi connectivity index (χ4n) is 4.84. The average Bonchev–Trinajstić information content (AvgIpc) is 3.27. The van der Waals surface area contributed by atoms with E-state index in [0.29, 0.717) is 13.1 Å². The van der Waals surface area contributed by atoms with Crippen LogP contribution in [0, 0.1) is 0 Å². The van der Waals surface area contributed by atoms with Crippen molar-refractivity contribution in [3.8, 4) is 0 Å². The lowest BCUT2D eigenvalue weighted by atomic mass is 10.4. The lowest BCUT2D eigenvalue weighted by Crippen LogP contribution is -2.22. The van der Waals surface area contributed by atoms with Crippen molar-refractivity contribution in [2.75, 3.05) is 149 Å². The summed E-state index contributed by atoms with van der Waals surface area (Å²) >= 11 is 0. The fourth-order valence-corrected chi connectivity index (χ4v) is 4.84. The first-order valence-electron chi connectivity index (χ1n) is 20.3. The minimum Gasteiger partial charge on any atom is -0.481 e. The predicted molar refractivity (Wildman–Crippen MR) is 240 cm³/mol. The van der Waals surface area contributed by atoms with Crippen molar-refractivity contribution < 1.29 is 39.6 Å². The highest BCUT2D eigenvalue weighted by atomic mass is 16.4. The number of aromatic nitrogens is 12. The molecule has 18 N–H and O–H groups in total. The third kappa shape index (κ3) is 20.1. The maximum Gasteiger partial charge on any atom is 0.305 e. The molecule has 4 rings (SSSR count). The molecule has 0 fully saturated rings. The molecular formula is C33H53N25O8. The molecule has 0 spiro atoms. The second-order valence-corrected chi connectivity index (χ2v) is 13.0. The van der Waals surface area contributed by atoms with E-state index in [-0.39, 0.29) is 163 Å². The van der Waals surface area contributed by atoms with Gasteiger partial charge in [-0.15, -0.1) is 0 Å². The van der Waals surface area contributed by atoms with Gasteiger partial charge in [-0.3, -0.25) is 19.2 Å². The van der Waals surface area contributed by atoms with Gasteiger partial charge in [0.15, 0.2) is 0 Å². The van der Waals surface area contributed by atoms with Crippen LogP contribution in [0.2, 0.25) is 0 Å². The fraction of sp³-hybridized carbons (Fsp3) is 0.515. The first-order valence-corrected chi connectivity index (χ1v) is 20.3. The summed E-state index contributed by atoms with van der Waals surface area (Å²) in [4.78, 5) is 95.7. The van der Waals surface area contributed by atoms with Crippen LogP contribution in [0.15, 0.2) is 0 Å². The van der Waals surface area contributed by atoms with Crippen molar-refractivity contribution in [1.29, 1.82) is 0 Å². The number of anilines is 12. The Bertz CT molecular complexity index is 2190. The van der Waals surface area contributed by atoms with Crippen LogP contribution in [0.4, 0.5) is 71.4 Å². The molecule has 0 saturated carbocycles. The van der Waals surface area contributed by atoms with Gasteiger partial charge in [0.05, 0.1) is 25.7 Å². The Balaban J connectivity index is 1.35. The maximum atomic E-state index is 11.1. The molecule has 4 heterocycles. The largest absolute Gasteiger partial charge is 0.481 e. The lowest BCUT2D eigenvalue weighted by Gasteiger charge is -2.13. The highest BCUT2D eigenvalue weighted by Gasteiger charge is 2.12. The normalized spacial score (nSPS) is 10.5. The molecule has 0 saturated heterocycles. The van der Waals surface area contributed by atoms with Crippen LogP contribution in [-0.2, 0) is 19.2 Å². The Kier molecular flexibility index (Phi) is 20.9. The summed E-state index contributed by atoms with van der Waals surface area (Å²) in [5.74, 6) is -1.89. The number of aliphatic carboxylic acids is 4. The number of hydrogen-bond acceptors (Lipinski definition) is 29. The molecule has 0 aliphatic rings. The quantitative estimate of drug-likeness (QED) is 0.0221. The van der Waals surface area contributed by atoms with Gasteiger partial charge in [-0.25, -0.2) is 0 Å². The topological polar surface area (TPSA) is 474 Å². The van der Waals surface area contributed by atoms with Gasteiger partial charge in [-0.05, 0) is 0 Å². The van der Waals surface area contributed by atoms with E-state index in [0.717, 1.165) is 0 Å². The van der Waals surface area contributed by atoms with Crippen LogP contribution in [0.5, 0.6) is 0 Å². The first-order chi connectivity index (χ1) is 31.9. The van der Waals surface area contributed by atoms with Crippen molar-refractivity contribution in [3.63, 3.8) is 0 Å². The molecule has 4 aromatic rings. The molecule has 0 bridgehead atoms. The van der Waals surface area contributed by atoms with Crippen molar-refractivity contribution in [2.24, 2.45) is 5.73 Å². The van der Waals surface area contributed by atoms with Gasteiger partial charge in [0, 0.05) is 85.6 Å². The molecule has 0 aliphatic carbocycles. The number of nitrogens with zero attached hydrogens (tertiary/aromatic N) is 12. The van der Waals surface area contributed by atoms with Gasteiger partial charge in [-0.1, -0.05) is 0 Å². The zero-order chi connectivity index (χ0) is 47.5. The molecule has 66 heavy (non-hydrogen) atoms. The Morgan fingerprint density at radius 2 is 0.485 bits per heavy atom. The summed E-state index contributed by atoms with van der Waals surface area (Å²) in [5.41, 5.74) is 5.59. The van der Waals surface area contributed by atoms with E-state index in [1.165, 1.54) is 0 Å². The van der Waals surface area contributed by atoms with Gasteiger partial charge in [0.1, 0.15) is 0 Å². The van der Waals surface area contributed by atoms with E-state index in [1.54, 1.807) is 7.05 Å². The lowest BCUT2D eigenvalue weighted by molar-refractivity contribution is -0.137. The summed E-state index contributed by atoms with van der Waals surface area (Å²) < 4.78 is 0. The van der Waals surface area contributed by atoms with Crippen molar-refractivity contribution >= 4 is 95.3 Å². The molecule has 4 aromatic heterocycles. The Morgan fingerprint density at radius 1 is 0.318 bits per heavy atom. The van der Waals surface area contributed by atoms with Crippen LogP contribution in [0.3, 0.4) is 0 Å². The highest BCUT2D eigenvalue weighted by Crippen LogP contribution is 2.13. The van der Waals surface area contributed by atoms with Gasteiger partial charge >= 0.3 is 23.9 Å². The van der Waals surface area contributed by atoms with Gasteiger partial charge in [0.2, 0.25) is 71.4 Å². The van der Waals surface area contributed by atoms with E-state index in [4.69, 9.17) is 26.2 Å². The summed E-state index contributed by atoms with van der Waals surface area (Å²) in [7, 11) is 1.63. The molecule has 0 amide bonds. The summed E-state index contributed by atoms with van der Waals surface area (Å²) in [6.45, 7) is 2.58. The monoisotopic (exact) mass is 927 g/mol. The maximum absolute atomic E-state index is 11.1. The third-order valence-electron chi connectivity index (χ3n) is 7.75. The second-order valence-electron chi connectivity index (χ2n) is 13.0. The molecule has 358 valence electrons. The van der Waals surface area contributed by atoms with Crippen LogP contribution >= 0.6 is 0 Å².